The molecular formula is C66H126N2O19P2. The molecule has 11 atom stereocenters. The molecule has 0 aromatic heterocycles. The second kappa shape index (κ2) is 52.5. The second-order valence-electron chi connectivity index (χ2n) is 24.8. The van der Waals surface area contributed by atoms with Crippen molar-refractivity contribution in [3.63, 3.8) is 0 Å². The molecule has 0 aromatic carbocycles. The van der Waals surface area contributed by atoms with E-state index in [1.165, 1.54) is 58.5 Å². The van der Waals surface area contributed by atoms with Crippen LogP contribution in [0.1, 0.15) is 285 Å². The number of phosphoric acid groups is 2. The molecule has 2 rings (SSSR count). The minimum absolute atomic E-state index is 0.00889. The number of aliphatic hydroxyl groups is 1. The number of allylic oxidation sites excluding steroid dienone is 2. The minimum Gasteiger partial charge on any atom is -0.388 e. The van der Waals surface area contributed by atoms with Gasteiger partial charge in [-0.15, -0.1) is 0 Å². The van der Waals surface area contributed by atoms with E-state index in [2.05, 4.69) is 50.5 Å². The number of Topliss-reactive ketones (excluding diaryl/α,β-unsaturated/α-hetero) is 1. The number of ketones is 1. The van der Waals surface area contributed by atoms with Gasteiger partial charge in [0.15, 0.2) is 12.6 Å². The predicted octanol–water partition coefficient (Wildman–Crippen LogP) is 13.6. The van der Waals surface area contributed by atoms with Crippen molar-refractivity contribution in [2.24, 2.45) is 0 Å². The molecular weight excluding hydrogens is 1190 g/mol. The highest BCUT2D eigenvalue weighted by atomic mass is 31.2. The Morgan fingerprint density at radius 1 is 0.472 bits per heavy atom. The van der Waals surface area contributed by atoms with Crippen molar-refractivity contribution in [2.75, 3.05) is 40.6 Å². The molecule has 524 valence electrons. The molecule has 0 unspecified atom stereocenters. The van der Waals surface area contributed by atoms with E-state index in [1.807, 2.05) is 0 Å². The molecule has 0 bridgehead atoms. The van der Waals surface area contributed by atoms with Gasteiger partial charge >= 0.3 is 15.6 Å². The Kier molecular flexibility index (Phi) is 49.2. The Labute approximate surface area is 536 Å². The molecule has 0 saturated carbocycles. The fourth-order valence-electron chi connectivity index (χ4n) is 11.7. The van der Waals surface area contributed by atoms with Crippen LogP contribution in [-0.4, -0.2) is 150 Å². The summed E-state index contributed by atoms with van der Waals surface area (Å²) >= 11 is 0. The summed E-state index contributed by atoms with van der Waals surface area (Å²) in [4.78, 5) is 82.2. The molecule has 0 aliphatic carbocycles. The third-order valence-electron chi connectivity index (χ3n) is 16.8. The lowest BCUT2D eigenvalue weighted by atomic mass is 9.95. The molecule has 0 spiro atoms. The molecule has 21 nitrogen and oxygen atoms in total. The highest BCUT2D eigenvalue weighted by Gasteiger charge is 2.53. The molecule has 89 heavy (non-hydrogen) atoms. The van der Waals surface area contributed by atoms with Crippen LogP contribution in [0.15, 0.2) is 12.2 Å². The van der Waals surface area contributed by atoms with Crippen molar-refractivity contribution in [3.8, 4) is 0 Å². The maximum absolute atomic E-state index is 14.1. The first-order valence-corrected chi connectivity index (χ1v) is 38.1. The molecule has 2 fully saturated rings. The van der Waals surface area contributed by atoms with Crippen LogP contribution in [0.2, 0.25) is 0 Å². The largest absolute Gasteiger partial charge is 0.472 e. The predicted molar refractivity (Wildman–Crippen MR) is 347 cm³/mol. The zero-order chi connectivity index (χ0) is 65.4. The van der Waals surface area contributed by atoms with Gasteiger partial charge in [0, 0.05) is 40.3 Å². The molecule has 2 saturated heterocycles. The third kappa shape index (κ3) is 41.0. The van der Waals surface area contributed by atoms with Crippen LogP contribution in [0.5, 0.6) is 0 Å². The summed E-state index contributed by atoms with van der Waals surface area (Å²) in [5.41, 5.74) is 0. The van der Waals surface area contributed by atoms with Gasteiger partial charge in [0.05, 0.1) is 25.7 Å². The van der Waals surface area contributed by atoms with Gasteiger partial charge in [-0.1, -0.05) is 220 Å². The van der Waals surface area contributed by atoms with Gasteiger partial charge in [0.1, 0.15) is 54.5 Å². The number of unbranched alkanes of at least 4 members (excludes halogenated alkanes) is 30. The molecule has 2 aliphatic heterocycles. The summed E-state index contributed by atoms with van der Waals surface area (Å²) in [6, 6.07) is -2.84. The van der Waals surface area contributed by atoms with Crippen LogP contribution in [0.25, 0.3) is 0 Å². The summed E-state index contributed by atoms with van der Waals surface area (Å²) in [5, 5.41) is 17.9. The van der Waals surface area contributed by atoms with Gasteiger partial charge in [-0.3, -0.25) is 23.4 Å². The van der Waals surface area contributed by atoms with Gasteiger partial charge in [-0.2, -0.15) is 0 Å². The Hall–Kier alpha value is -1.75. The van der Waals surface area contributed by atoms with Gasteiger partial charge < -0.3 is 68.5 Å². The van der Waals surface area contributed by atoms with Crippen LogP contribution >= 0.6 is 15.6 Å². The van der Waals surface area contributed by atoms with Crippen LogP contribution in [-0.2, 0) is 65.7 Å². The number of hydrogen-bond donors (Lipinski definition) is 7. The van der Waals surface area contributed by atoms with E-state index < -0.39 is 102 Å². The molecule has 7 N–H and O–H groups in total. The number of carbonyl (C=O) groups excluding carboxylic acids is 3. The smallest absolute Gasteiger partial charge is 0.388 e. The van der Waals surface area contributed by atoms with Crippen LogP contribution in [0, 0.1) is 0 Å². The van der Waals surface area contributed by atoms with Crippen molar-refractivity contribution < 1.29 is 90.4 Å². The first-order chi connectivity index (χ1) is 42.9. The third-order valence-corrected chi connectivity index (χ3v) is 17.8. The lowest BCUT2D eigenvalue weighted by Gasteiger charge is -2.47. The number of ether oxygens (including phenoxy) is 7. The maximum Gasteiger partial charge on any atom is 0.472 e. The van der Waals surface area contributed by atoms with E-state index in [0.29, 0.717) is 25.7 Å². The lowest BCUT2D eigenvalue weighted by Crippen LogP contribution is -2.67. The number of rotatable bonds is 59. The first-order valence-electron chi connectivity index (χ1n) is 35.0. The van der Waals surface area contributed by atoms with Gasteiger partial charge in [0.2, 0.25) is 11.8 Å². The number of phosphoric ester groups is 2. The number of nitrogens with one attached hydrogen (secondary N) is 2. The van der Waals surface area contributed by atoms with Crippen LogP contribution in [0.4, 0.5) is 0 Å². The van der Waals surface area contributed by atoms with E-state index in [-0.39, 0.29) is 44.5 Å². The fourth-order valence-corrected chi connectivity index (χ4v) is 12.7. The monoisotopic (exact) mass is 1310 g/mol. The highest BCUT2D eigenvalue weighted by molar-refractivity contribution is 7.46. The van der Waals surface area contributed by atoms with E-state index >= 15 is 0 Å². The van der Waals surface area contributed by atoms with Crippen LogP contribution < -0.4 is 10.6 Å². The van der Waals surface area contributed by atoms with Gasteiger partial charge in [0.25, 0.3) is 0 Å². The van der Waals surface area contributed by atoms with Crippen molar-refractivity contribution in [1.82, 2.24) is 10.6 Å². The SMILES string of the molecule is CCCCCC/C=C\CCCCCCCCCC(=O)N[C@H]1[C@H](OC[C@H]2O[C@@H](OP(=O)(O)O)[C@H](NC(=O)CC(=O)CCCCCCCCCCC)[C@@H](OCCCCCCCCCC)[C@@H]2O)O[C@H](COC)[C@@H](OP(=O)(O)O)[C@@H]1OCC[C@H](CCCCCCC)OC. The topological polar surface area (TPSA) is 294 Å². The fraction of sp³-hybridized carbons (Fsp3) is 0.924. The standard InChI is InChI=1S/C66H126N2O19P2/c1-7-11-15-19-22-25-26-27-28-29-30-32-34-38-42-46-57(70)67-60-64(82-49-47-54(80-6)45-41-36-18-14-10-4)62(86-88(73,74)75)56(51-79-5)85-65(60)83-52-55-61(72)63(81-48-43-39-35-24-21-17-13-9-3)59(66(84-55)87-89(76,77)78)68-58(71)50-53(69)44-40-37-33-31-23-20-16-12-8-2/h25-26,54-56,59-66,72H,7-24,27-52H2,1-6H3,(H,67,70)(H,68,71)(H2,73,74,75)(H2,76,77,78)/b26-25-/t54-,55+,56+,59+,60+,61+,62+,63+,64+,65+,66-/m0/s1. The first kappa shape index (κ1) is 83.3. The zero-order valence-corrected chi connectivity index (χ0v) is 57.8. The number of aliphatic hydroxyl groups excluding tert-OH is 1. The van der Waals surface area contributed by atoms with E-state index in [0.717, 1.165) is 161 Å². The van der Waals surface area contributed by atoms with Gasteiger partial charge in [-0.25, -0.2) is 9.13 Å². The maximum atomic E-state index is 14.1. The molecule has 2 aliphatic rings. The summed E-state index contributed by atoms with van der Waals surface area (Å²) in [6.07, 6.45) is 29.6. The molecule has 0 aromatic rings. The van der Waals surface area contributed by atoms with E-state index in [9.17, 15) is 48.2 Å². The van der Waals surface area contributed by atoms with Crippen molar-refractivity contribution in [1.29, 1.82) is 0 Å². The Morgan fingerprint density at radius 3 is 1.45 bits per heavy atom. The van der Waals surface area contributed by atoms with Crippen molar-refractivity contribution in [2.45, 2.75) is 352 Å². The number of amides is 2. The summed E-state index contributed by atoms with van der Waals surface area (Å²) in [7, 11) is -7.69. The Balaban J connectivity index is 2.45. The summed E-state index contributed by atoms with van der Waals surface area (Å²) < 4.78 is 79.3. The molecule has 2 heterocycles. The average molecular weight is 1310 g/mol. The van der Waals surface area contributed by atoms with Crippen molar-refractivity contribution in [3.05, 3.63) is 12.2 Å². The number of carbonyl (C=O) groups is 3. The van der Waals surface area contributed by atoms with E-state index in [4.69, 9.17) is 42.2 Å². The zero-order valence-electron chi connectivity index (χ0n) is 56.0. The van der Waals surface area contributed by atoms with Crippen LogP contribution in [0.3, 0.4) is 0 Å². The normalized spacial score (nSPS) is 22.9. The Bertz CT molecular complexity index is 1900. The van der Waals surface area contributed by atoms with E-state index in [1.54, 1.807) is 7.11 Å². The molecule has 2 amide bonds. The summed E-state index contributed by atoms with van der Waals surface area (Å²) in [5.74, 6) is -1.52. The summed E-state index contributed by atoms with van der Waals surface area (Å²) in [6.45, 7) is 7.91. The van der Waals surface area contributed by atoms with Gasteiger partial charge in [-0.05, 0) is 57.8 Å². The highest BCUT2D eigenvalue weighted by Crippen LogP contribution is 2.44. The quantitative estimate of drug-likeness (QED) is 0.0129. The average Bonchev–Trinajstić information content (AvgIpc) is 0.966. The van der Waals surface area contributed by atoms with Crippen molar-refractivity contribution >= 4 is 33.2 Å². The number of methoxy groups -OCH3 is 2. The lowest BCUT2D eigenvalue weighted by molar-refractivity contribution is -0.301. The Morgan fingerprint density at radius 2 is 0.921 bits per heavy atom. The number of hydrogen-bond acceptors (Lipinski definition) is 15. The second-order valence-corrected chi connectivity index (χ2v) is 27.2. The minimum atomic E-state index is -5.39. The molecule has 23 heteroatoms. The molecule has 0 radical (unpaired) electrons.